The topological polar surface area (TPSA) is 48.3 Å². The van der Waals surface area contributed by atoms with Crippen LogP contribution in [0.2, 0.25) is 0 Å². The van der Waals surface area contributed by atoms with Crippen molar-refractivity contribution in [2.24, 2.45) is 0 Å². The molecular weight excluding hydrogens is 250 g/mol. The fourth-order valence-electron chi connectivity index (χ4n) is 3.82. The van der Waals surface area contributed by atoms with Crippen molar-refractivity contribution in [1.29, 1.82) is 5.26 Å². The zero-order valence-corrected chi connectivity index (χ0v) is 12.1. The van der Waals surface area contributed by atoms with E-state index in [0.29, 0.717) is 18.1 Å². The van der Waals surface area contributed by atoms with Gasteiger partial charge >= 0.3 is 0 Å². The zero-order valence-electron chi connectivity index (χ0n) is 12.1. The maximum absolute atomic E-state index is 9.42. The van der Waals surface area contributed by atoms with Gasteiger partial charge in [0.1, 0.15) is 11.8 Å². The molecule has 20 heavy (non-hydrogen) atoms. The molecule has 1 aromatic rings. The van der Waals surface area contributed by atoms with E-state index in [1.54, 1.807) is 7.11 Å². The summed E-state index contributed by atoms with van der Waals surface area (Å²) in [6.45, 7) is 0. The molecular formula is C16H21N3O. The highest BCUT2D eigenvalue weighted by molar-refractivity contribution is 5.69. The van der Waals surface area contributed by atoms with E-state index in [9.17, 15) is 5.26 Å². The molecule has 2 heterocycles. The smallest absolute Gasteiger partial charge is 0.143 e. The van der Waals surface area contributed by atoms with Gasteiger partial charge in [-0.15, -0.1) is 0 Å². The number of hydrogen-bond donors (Lipinski definition) is 1. The zero-order chi connectivity index (χ0) is 14.1. The first-order chi connectivity index (χ1) is 9.78. The van der Waals surface area contributed by atoms with Gasteiger partial charge in [-0.05, 0) is 44.9 Å². The molecule has 2 bridgehead atoms. The average molecular weight is 271 g/mol. The Morgan fingerprint density at radius 3 is 2.55 bits per heavy atom. The molecule has 0 aliphatic carbocycles. The lowest BCUT2D eigenvalue weighted by Crippen LogP contribution is -2.48. The number of fused-ring (bicyclic) bond motifs is 2. The van der Waals surface area contributed by atoms with Crippen molar-refractivity contribution in [3.63, 3.8) is 0 Å². The van der Waals surface area contributed by atoms with Crippen molar-refractivity contribution in [3.05, 3.63) is 23.8 Å². The minimum atomic E-state index is 0.523. The van der Waals surface area contributed by atoms with Gasteiger partial charge in [-0.1, -0.05) is 6.07 Å². The number of nitrogens with one attached hydrogen (secondary N) is 1. The van der Waals surface area contributed by atoms with Crippen LogP contribution in [0, 0.1) is 11.3 Å². The molecule has 4 heteroatoms. The molecule has 1 aromatic carbocycles. The largest absolute Gasteiger partial charge is 0.495 e. The van der Waals surface area contributed by atoms with Gasteiger partial charge in [0.2, 0.25) is 0 Å². The number of anilines is 1. The van der Waals surface area contributed by atoms with Crippen LogP contribution in [0.1, 0.15) is 31.2 Å². The second-order valence-electron chi connectivity index (χ2n) is 5.72. The number of benzene rings is 1. The number of para-hydroxylation sites is 1. The minimum absolute atomic E-state index is 0.523. The third-order valence-corrected chi connectivity index (χ3v) is 4.74. The predicted octanol–water partition coefficient (Wildman–Crippen LogP) is 2.29. The van der Waals surface area contributed by atoms with Crippen molar-refractivity contribution in [1.82, 2.24) is 5.32 Å². The quantitative estimate of drug-likeness (QED) is 0.916. The molecule has 0 saturated carbocycles. The number of nitrogens with zero attached hydrogens (tertiary/aromatic N) is 2. The number of piperidine rings is 1. The highest BCUT2D eigenvalue weighted by Crippen LogP contribution is 2.44. The first kappa shape index (κ1) is 13.3. The van der Waals surface area contributed by atoms with Crippen LogP contribution in [0.15, 0.2) is 18.2 Å². The number of methoxy groups -OCH3 is 1. The van der Waals surface area contributed by atoms with Crippen LogP contribution >= 0.6 is 0 Å². The number of ether oxygens (including phenoxy) is 1. The summed E-state index contributed by atoms with van der Waals surface area (Å²) >= 11 is 0. The Kier molecular flexibility index (Phi) is 3.54. The van der Waals surface area contributed by atoms with Gasteiger partial charge in [-0.2, -0.15) is 5.26 Å². The maximum atomic E-state index is 9.42. The lowest BCUT2D eigenvalue weighted by Gasteiger charge is -2.41. The van der Waals surface area contributed by atoms with E-state index in [1.807, 2.05) is 25.2 Å². The molecule has 2 fully saturated rings. The van der Waals surface area contributed by atoms with Gasteiger partial charge in [0.05, 0.1) is 18.4 Å². The van der Waals surface area contributed by atoms with Gasteiger partial charge in [-0.3, -0.25) is 0 Å². The van der Waals surface area contributed by atoms with Gasteiger partial charge in [0, 0.05) is 18.1 Å². The molecule has 0 aromatic heterocycles. The molecule has 0 spiro atoms. The van der Waals surface area contributed by atoms with Crippen LogP contribution in [0.5, 0.6) is 5.75 Å². The van der Waals surface area contributed by atoms with Crippen LogP contribution < -0.4 is 15.0 Å². The fraction of sp³-hybridized carbons (Fsp3) is 0.562. The van der Waals surface area contributed by atoms with Crippen molar-refractivity contribution < 1.29 is 4.74 Å². The van der Waals surface area contributed by atoms with E-state index in [2.05, 4.69) is 16.3 Å². The molecule has 0 radical (unpaired) electrons. The van der Waals surface area contributed by atoms with Crippen molar-refractivity contribution in [2.45, 2.75) is 43.8 Å². The van der Waals surface area contributed by atoms with E-state index < -0.39 is 0 Å². The molecule has 2 saturated heterocycles. The second kappa shape index (κ2) is 5.34. The Morgan fingerprint density at radius 1 is 1.30 bits per heavy atom. The van der Waals surface area contributed by atoms with Crippen molar-refractivity contribution >= 4 is 5.69 Å². The first-order valence-corrected chi connectivity index (χ1v) is 7.31. The van der Waals surface area contributed by atoms with Crippen LogP contribution in [-0.2, 0) is 0 Å². The minimum Gasteiger partial charge on any atom is -0.495 e. The van der Waals surface area contributed by atoms with E-state index >= 15 is 0 Å². The average Bonchev–Trinajstić information content (AvgIpc) is 2.75. The molecule has 2 aliphatic heterocycles. The predicted molar refractivity (Wildman–Crippen MR) is 79.1 cm³/mol. The van der Waals surface area contributed by atoms with Gasteiger partial charge < -0.3 is 15.0 Å². The van der Waals surface area contributed by atoms with Crippen LogP contribution in [0.4, 0.5) is 5.69 Å². The Hall–Kier alpha value is -1.73. The van der Waals surface area contributed by atoms with Crippen molar-refractivity contribution in [2.75, 3.05) is 19.1 Å². The Morgan fingerprint density at radius 2 is 2.00 bits per heavy atom. The summed E-state index contributed by atoms with van der Waals surface area (Å²) in [5.74, 6) is 0.823. The standard InChI is InChI=1S/C16H21N3O/c1-18-12-8-13-6-7-14(9-12)19(13)16-11(10-17)4-3-5-15(16)20-2/h3-5,12-14,18H,6-9H2,1-2H3. The molecule has 2 atom stereocenters. The van der Waals surface area contributed by atoms with Gasteiger partial charge in [0.15, 0.2) is 0 Å². The summed E-state index contributed by atoms with van der Waals surface area (Å²) in [6, 6.07) is 9.71. The normalized spacial score (nSPS) is 28.2. The van der Waals surface area contributed by atoms with Crippen LogP contribution in [0.25, 0.3) is 0 Å². The van der Waals surface area contributed by atoms with E-state index in [-0.39, 0.29) is 0 Å². The number of hydrogen-bond acceptors (Lipinski definition) is 4. The summed E-state index contributed by atoms with van der Waals surface area (Å²) < 4.78 is 5.51. The van der Waals surface area contributed by atoms with Gasteiger partial charge in [0.25, 0.3) is 0 Å². The van der Waals surface area contributed by atoms with Crippen LogP contribution in [-0.4, -0.2) is 32.3 Å². The molecule has 0 amide bonds. The Balaban J connectivity index is 2.00. The van der Waals surface area contributed by atoms with E-state index in [1.165, 1.54) is 12.8 Å². The summed E-state index contributed by atoms with van der Waals surface area (Å²) in [6.07, 6.45) is 4.73. The van der Waals surface area contributed by atoms with Crippen LogP contribution in [0.3, 0.4) is 0 Å². The molecule has 1 N–H and O–H groups in total. The highest BCUT2D eigenvalue weighted by atomic mass is 16.5. The maximum Gasteiger partial charge on any atom is 0.143 e. The summed E-state index contributed by atoms with van der Waals surface area (Å²) in [5, 5.41) is 12.8. The summed E-state index contributed by atoms with van der Waals surface area (Å²) in [5.41, 5.74) is 1.73. The number of rotatable bonds is 3. The molecule has 106 valence electrons. The summed E-state index contributed by atoms with van der Waals surface area (Å²) in [4.78, 5) is 2.45. The van der Waals surface area contributed by atoms with E-state index in [0.717, 1.165) is 29.8 Å². The Labute approximate surface area is 120 Å². The fourth-order valence-corrected chi connectivity index (χ4v) is 3.82. The van der Waals surface area contributed by atoms with Gasteiger partial charge in [-0.25, -0.2) is 0 Å². The molecule has 3 rings (SSSR count). The lowest BCUT2D eigenvalue weighted by atomic mass is 9.95. The third-order valence-electron chi connectivity index (χ3n) is 4.74. The van der Waals surface area contributed by atoms with E-state index in [4.69, 9.17) is 4.74 Å². The molecule has 2 unspecified atom stereocenters. The number of nitriles is 1. The monoisotopic (exact) mass is 271 g/mol. The molecule has 4 nitrogen and oxygen atoms in total. The third kappa shape index (κ3) is 2.03. The molecule has 2 aliphatic rings. The lowest BCUT2D eigenvalue weighted by molar-refractivity contribution is 0.365. The highest BCUT2D eigenvalue weighted by Gasteiger charge is 2.42. The summed E-state index contributed by atoms with van der Waals surface area (Å²) in [7, 11) is 3.73. The Bertz CT molecular complexity index is 523. The SMILES string of the molecule is CNC1CC2CCC(C1)N2c1c(C#N)cccc1OC. The van der Waals surface area contributed by atoms with Crippen molar-refractivity contribution in [3.8, 4) is 11.8 Å². The first-order valence-electron chi connectivity index (χ1n) is 7.31. The second-order valence-corrected chi connectivity index (χ2v) is 5.72.